The van der Waals surface area contributed by atoms with Crippen LogP contribution in [0.2, 0.25) is 0 Å². The van der Waals surface area contributed by atoms with Crippen LogP contribution in [0.4, 0.5) is 5.82 Å². The van der Waals surface area contributed by atoms with Gasteiger partial charge in [-0.15, -0.1) is 0 Å². The number of nitrogens with zero attached hydrogens (tertiary/aromatic N) is 2. The zero-order valence-electron chi connectivity index (χ0n) is 11.1. The molecule has 6 nitrogen and oxygen atoms in total. The van der Waals surface area contributed by atoms with E-state index >= 15 is 0 Å². The molecule has 0 fully saturated rings. The molecule has 0 aliphatic carbocycles. The van der Waals surface area contributed by atoms with E-state index in [0.29, 0.717) is 18.2 Å². The van der Waals surface area contributed by atoms with E-state index in [4.69, 9.17) is 0 Å². The van der Waals surface area contributed by atoms with Gasteiger partial charge < -0.3 is 9.88 Å². The van der Waals surface area contributed by atoms with Crippen LogP contribution in [-0.4, -0.2) is 44.0 Å². The lowest BCUT2D eigenvalue weighted by Crippen LogP contribution is -2.27. The molecule has 1 aromatic heterocycles. The van der Waals surface area contributed by atoms with Gasteiger partial charge in [-0.05, 0) is 0 Å². The Morgan fingerprint density at radius 2 is 2.06 bits per heavy atom. The minimum absolute atomic E-state index is 0.0367. The third kappa shape index (κ3) is 4.48. The van der Waals surface area contributed by atoms with Gasteiger partial charge in [-0.3, -0.25) is 4.79 Å². The Bertz CT molecular complexity index is 563. The largest absolute Gasteiger partial charge is 0.358 e. The molecular formula is C11H19N3O3S. The molecule has 0 aliphatic heterocycles. The van der Waals surface area contributed by atoms with Crippen molar-refractivity contribution in [3.8, 4) is 0 Å². The van der Waals surface area contributed by atoms with Crippen molar-refractivity contribution < 1.29 is 8.42 Å². The van der Waals surface area contributed by atoms with Gasteiger partial charge >= 0.3 is 0 Å². The highest BCUT2D eigenvalue weighted by atomic mass is 32.2. The average molecular weight is 273 g/mol. The SMILES string of the molecule is CC(C)c1nc(N(C)CCS(C)(=O)=O)cc(=O)[nH]1. The van der Waals surface area contributed by atoms with Gasteiger partial charge in [0.15, 0.2) is 0 Å². The normalized spacial score (nSPS) is 11.8. The first-order chi connectivity index (χ1) is 8.19. The number of H-pyrrole nitrogens is 1. The fourth-order valence-electron chi connectivity index (χ4n) is 1.35. The van der Waals surface area contributed by atoms with Gasteiger partial charge in [0.25, 0.3) is 5.56 Å². The molecule has 1 N–H and O–H groups in total. The van der Waals surface area contributed by atoms with Crippen LogP contribution in [0, 0.1) is 0 Å². The molecule has 0 saturated heterocycles. The van der Waals surface area contributed by atoms with Crippen molar-refractivity contribution in [3.63, 3.8) is 0 Å². The molecule has 0 radical (unpaired) electrons. The second-order valence-corrected chi connectivity index (χ2v) is 6.95. The molecule has 0 bridgehead atoms. The van der Waals surface area contributed by atoms with Gasteiger partial charge in [0, 0.05) is 31.8 Å². The van der Waals surface area contributed by atoms with Crippen LogP contribution in [-0.2, 0) is 9.84 Å². The standard InChI is InChI=1S/C11H19N3O3S/c1-8(2)11-12-9(7-10(15)13-11)14(3)5-6-18(4,16)17/h7-8H,5-6H2,1-4H3,(H,12,13,15). The summed E-state index contributed by atoms with van der Waals surface area (Å²) in [5, 5.41) is 0. The third-order valence-corrected chi connectivity index (χ3v) is 3.41. The van der Waals surface area contributed by atoms with Crippen LogP contribution >= 0.6 is 0 Å². The summed E-state index contributed by atoms with van der Waals surface area (Å²) in [5.41, 5.74) is -0.227. The number of aromatic amines is 1. The lowest BCUT2D eigenvalue weighted by molar-refractivity contribution is 0.601. The average Bonchev–Trinajstić information content (AvgIpc) is 2.23. The molecule has 0 saturated carbocycles. The van der Waals surface area contributed by atoms with Crippen molar-refractivity contribution in [2.75, 3.05) is 30.5 Å². The predicted molar refractivity (Wildman–Crippen MR) is 71.9 cm³/mol. The third-order valence-electron chi connectivity index (χ3n) is 2.48. The van der Waals surface area contributed by atoms with E-state index in [1.54, 1.807) is 11.9 Å². The summed E-state index contributed by atoms with van der Waals surface area (Å²) >= 11 is 0. The first-order valence-corrected chi connectivity index (χ1v) is 7.75. The van der Waals surface area contributed by atoms with E-state index in [1.807, 2.05) is 13.8 Å². The van der Waals surface area contributed by atoms with Crippen LogP contribution in [0.15, 0.2) is 10.9 Å². The zero-order chi connectivity index (χ0) is 13.9. The molecule has 7 heteroatoms. The molecule has 0 spiro atoms. The highest BCUT2D eigenvalue weighted by molar-refractivity contribution is 7.90. The summed E-state index contributed by atoms with van der Waals surface area (Å²) in [7, 11) is -1.30. The van der Waals surface area contributed by atoms with E-state index in [-0.39, 0.29) is 17.2 Å². The van der Waals surface area contributed by atoms with Gasteiger partial charge in [0.05, 0.1) is 5.75 Å². The predicted octanol–water partition coefficient (Wildman–Crippen LogP) is 0.374. The Hall–Kier alpha value is -1.37. The van der Waals surface area contributed by atoms with Crippen molar-refractivity contribution in [2.45, 2.75) is 19.8 Å². The van der Waals surface area contributed by atoms with Gasteiger partial charge in [-0.2, -0.15) is 0 Å². The van der Waals surface area contributed by atoms with Crippen molar-refractivity contribution in [3.05, 3.63) is 22.2 Å². The fourth-order valence-corrected chi connectivity index (χ4v) is 1.95. The fraction of sp³-hybridized carbons (Fsp3) is 0.636. The molecule has 0 aromatic carbocycles. The van der Waals surface area contributed by atoms with Crippen molar-refractivity contribution >= 4 is 15.7 Å². The summed E-state index contributed by atoms with van der Waals surface area (Å²) in [6.07, 6.45) is 1.19. The maximum absolute atomic E-state index is 11.5. The Morgan fingerprint density at radius 3 is 2.56 bits per heavy atom. The highest BCUT2D eigenvalue weighted by Crippen LogP contribution is 2.11. The number of anilines is 1. The number of rotatable bonds is 5. The number of aromatic nitrogens is 2. The van der Waals surface area contributed by atoms with E-state index in [1.165, 1.54) is 12.3 Å². The molecule has 0 atom stereocenters. The van der Waals surface area contributed by atoms with Gasteiger partial charge in [-0.1, -0.05) is 13.8 Å². The highest BCUT2D eigenvalue weighted by Gasteiger charge is 2.10. The maximum Gasteiger partial charge on any atom is 0.252 e. The lowest BCUT2D eigenvalue weighted by Gasteiger charge is -2.18. The summed E-state index contributed by atoms with van der Waals surface area (Å²) in [5.74, 6) is 1.24. The zero-order valence-corrected chi connectivity index (χ0v) is 11.9. The van der Waals surface area contributed by atoms with Crippen LogP contribution in [0.3, 0.4) is 0 Å². The van der Waals surface area contributed by atoms with Crippen molar-refractivity contribution in [1.29, 1.82) is 0 Å². The Balaban J connectivity index is 2.92. The van der Waals surface area contributed by atoms with Crippen LogP contribution in [0.5, 0.6) is 0 Å². The van der Waals surface area contributed by atoms with Gasteiger partial charge in [0.1, 0.15) is 21.5 Å². The minimum Gasteiger partial charge on any atom is -0.358 e. The van der Waals surface area contributed by atoms with Gasteiger partial charge in [0.2, 0.25) is 0 Å². The summed E-state index contributed by atoms with van der Waals surface area (Å²) in [4.78, 5) is 20.1. The molecule has 0 aliphatic rings. The Morgan fingerprint density at radius 1 is 1.44 bits per heavy atom. The van der Waals surface area contributed by atoms with E-state index in [9.17, 15) is 13.2 Å². The van der Waals surface area contributed by atoms with Crippen LogP contribution < -0.4 is 10.5 Å². The number of hydrogen-bond donors (Lipinski definition) is 1. The van der Waals surface area contributed by atoms with Crippen LogP contribution in [0.1, 0.15) is 25.6 Å². The molecular weight excluding hydrogens is 254 g/mol. The molecule has 0 unspecified atom stereocenters. The van der Waals surface area contributed by atoms with Crippen LogP contribution in [0.25, 0.3) is 0 Å². The molecule has 1 heterocycles. The molecule has 0 amide bonds. The second-order valence-electron chi connectivity index (χ2n) is 4.69. The topological polar surface area (TPSA) is 83.1 Å². The maximum atomic E-state index is 11.5. The summed E-state index contributed by atoms with van der Waals surface area (Å²) in [6, 6.07) is 1.37. The second kappa shape index (κ2) is 5.51. The smallest absolute Gasteiger partial charge is 0.252 e. The quantitative estimate of drug-likeness (QED) is 0.838. The number of hydrogen-bond acceptors (Lipinski definition) is 5. The minimum atomic E-state index is -3.02. The first kappa shape index (κ1) is 14.7. The first-order valence-electron chi connectivity index (χ1n) is 5.69. The summed E-state index contributed by atoms with van der Waals surface area (Å²) < 4.78 is 22.2. The Labute approximate surface area is 107 Å². The number of sulfone groups is 1. The monoisotopic (exact) mass is 273 g/mol. The molecule has 1 aromatic rings. The van der Waals surface area contributed by atoms with E-state index in [0.717, 1.165) is 0 Å². The number of nitrogens with one attached hydrogen (secondary N) is 1. The lowest BCUT2D eigenvalue weighted by atomic mass is 10.2. The summed E-state index contributed by atoms with van der Waals surface area (Å²) in [6.45, 7) is 4.17. The van der Waals surface area contributed by atoms with E-state index < -0.39 is 9.84 Å². The molecule has 1 rings (SSSR count). The van der Waals surface area contributed by atoms with E-state index in [2.05, 4.69) is 9.97 Å². The molecule has 102 valence electrons. The Kier molecular flexibility index (Phi) is 4.50. The van der Waals surface area contributed by atoms with Crippen molar-refractivity contribution in [2.24, 2.45) is 0 Å². The van der Waals surface area contributed by atoms with Gasteiger partial charge in [-0.25, -0.2) is 13.4 Å². The van der Waals surface area contributed by atoms with Crippen molar-refractivity contribution in [1.82, 2.24) is 9.97 Å². The molecule has 18 heavy (non-hydrogen) atoms.